The topological polar surface area (TPSA) is 61.6 Å². The quantitative estimate of drug-likeness (QED) is 0.836. The summed E-state index contributed by atoms with van der Waals surface area (Å²) in [7, 11) is 0. The van der Waals surface area contributed by atoms with E-state index in [1.165, 1.54) is 6.21 Å². The highest BCUT2D eigenvalue weighted by molar-refractivity contribution is 5.85. The first kappa shape index (κ1) is 17.5. The minimum atomic E-state index is -0.0898. The van der Waals surface area contributed by atoms with Crippen molar-refractivity contribution in [2.45, 2.75) is 19.4 Å². The van der Waals surface area contributed by atoms with E-state index in [4.69, 9.17) is 5.41 Å². The summed E-state index contributed by atoms with van der Waals surface area (Å²) >= 11 is 0. The third-order valence-corrected chi connectivity index (χ3v) is 2.76. The molecule has 19 heavy (non-hydrogen) atoms. The smallest absolute Gasteiger partial charge is 0.271 e. The SMILES string of the molecule is CC(CC=N)n1cc(-c2ccccc2)c(=O)[nH]1.Cl.Cl. The lowest BCUT2D eigenvalue weighted by Gasteiger charge is -2.08. The Kier molecular flexibility index (Phi) is 7.19. The van der Waals surface area contributed by atoms with E-state index in [-0.39, 0.29) is 36.4 Å². The molecule has 2 N–H and O–H groups in total. The van der Waals surface area contributed by atoms with E-state index < -0.39 is 0 Å². The van der Waals surface area contributed by atoms with Crippen molar-refractivity contribution in [1.82, 2.24) is 9.78 Å². The normalized spacial score (nSPS) is 11.0. The Morgan fingerprint density at radius 2 is 1.95 bits per heavy atom. The Hall–Kier alpha value is -1.52. The van der Waals surface area contributed by atoms with Crippen molar-refractivity contribution in [3.63, 3.8) is 0 Å². The summed E-state index contributed by atoms with van der Waals surface area (Å²) in [5.74, 6) is 0. The Morgan fingerprint density at radius 1 is 1.32 bits per heavy atom. The van der Waals surface area contributed by atoms with Gasteiger partial charge in [-0.1, -0.05) is 30.3 Å². The van der Waals surface area contributed by atoms with Gasteiger partial charge in [-0.3, -0.25) is 14.6 Å². The molecule has 1 unspecified atom stereocenters. The summed E-state index contributed by atoms with van der Waals surface area (Å²) in [6, 6.07) is 9.66. The minimum absolute atomic E-state index is 0. The number of benzene rings is 1. The molecule has 0 bridgehead atoms. The van der Waals surface area contributed by atoms with E-state index in [0.29, 0.717) is 12.0 Å². The van der Waals surface area contributed by atoms with Crippen LogP contribution in [0.2, 0.25) is 0 Å². The average molecular weight is 302 g/mol. The molecule has 0 aliphatic rings. The predicted molar refractivity (Wildman–Crippen MR) is 83.1 cm³/mol. The van der Waals surface area contributed by atoms with Crippen molar-refractivity contribution in [2.24, 2.45) is 0 Å². The summed E-state index contributed by atoms with van der Waals surface area (Å²) in [5.41, 5.74) is 1.49. The maximum absolute atomic E-state index is 11.8. The summed E-state index contributed by atoms with van der Waals surface area (Å²) in [5, 5.41) is 9.86. The van der Waals surface area contributed by atoms with Gasteiger partial charge >= 0.3 is 0 Å². The van der Waals surface area contributed by atoms with Gasteiger partial charge < -0.3 is 5.41 Å². The van der Waals surface area contributed by atoms with Gasteiger partial charge in [0.05, 0.1) is 11.6 Å². The number of rotatable bonds is 4. The number of H-pyrrole nitrogens is 1. The fourth-order valence-electron chi connectivity index (χ4n) is 1.75. The van der Waals surface area contributed by atoms with E-state index in [2.05, 4.69) is 5.10 Å². The molecule has 1 heterocycles. The van der Waals surface area contributed by atoms with Crippen LogP contribution in [0.25, 0.3) is 11.1 Å². The van der Waals surface area contributed by atoms with Gasteiger partial charge in [-0.25, -0.2) is 0 Å². The lowest BCUT2D eigenvalue weighted by molar-refractivity contribution is 0.506. The fraction of sp³-hybridized carbons (Fsp3) is 0.231. The largest absolute Gasteiger partial charge is 0.313 e. The zero-order valence-electron chi connectivity index (χ0n) is 10.5. The molecule has 1 aromatic heterocycles. The van der Waals surface area contributed by atoms with Gasteiger partial charge in [-0.15, -0.1) is 24.8 Å². The molecule has 1 atom stereocenters. The van der Waals surface area contributed by atoms with Crippen LogP contribution in [0.5, 0.6) is 0 Å². The zero-order chi connectivity index (χ0) is 12.3. The Morgan fingerprint density at radius 3 is 2.53 bits per heavy atom. The standard InChI is InChI=1S/C13H15N3O.2ClH/c1-10(7-8-14)16-9-12(13(17)15-16)11-5-3-2-4-6-11;;/h2-6,8-10,14H,7H2,1H3,(H,15,17);2*1H. The maximum Gasteiger partial charge on any atom is 0.271 e. The second-order valence-corrected chi connectivity index (χ2v) is 4.05. The van der Waals surface area contributed by atoms with Crippen molar-refractivity contribution in [3.05, 3.63) is 46.9 Å². The van der Waals surface area contributed by atoms with Gasteiger partial charge in [0.25, 0.3) is 5.56 Å². The van der Waals surface area contributed by atoms with E-state index in [9.17, 15) is 4.79 Å². The molecular formula is C13H17Cl2N3O. The van der Waals surface area contributed by atoms with Crippen molar-refractivity contribution in [2.75, 3.05) is 0 Å². The number of aromatic nitrogens is 2. The van der Waals surface area contributed by atoms with Crippen LogP contribution in [0.15, 0.2) is 41.3 Å². The number of hydrogen-bond donors (Lipinski definition) is 2. The average Bonchev–Trinajstić information content (AvgIpc) is 2.73. The van der Waals surface area contributed by atoms with Gasteiger partial charge in [0.2, 0.25) is 0 Å². The second kappa shape index (κ2) is 7.81. The molecule has 0 amide bonds. The highest BCUT2D eigenvalue weighted by atomic mass is 35.5. The molecule has 104 valence electrons. The molecular weight excluding hydrogens is 285 g/mol. The highest BCUT2D eigenvalue weighted by Gasteiger charge is 2.09. The number of aromatic amines is 1. The fourth-order valence-corrected chi connectivity index (χ4v) is 1.75. The molecule has 0 saturated heterocycles. The first-order valence-electron chi connectivity index (χ1n) is 5.58. The van der Waals surface area contributed by atoms with Gasteiger partial charge in [0.1, 0.15) is 0 Å². The van der Waals surface area contributed by atoms with Crippen LogP contribution in [0, 0.1) is 5.41 Å². The number of hydrogen-bond acceptors (Lipinski definition) is 2. The Balaban J connectivity index is 0.00000162. The lowest BCUT2D eigenvalue weighted by atomic mass is 10.1. The van der Waals surface area contributed by atoms with Gasteiger partial charge in [0.15, 0.2) is 0 Å². The molecule has 0 spiro atoms. The highest BCUT2D eigenvalue weighted by Crippen LogP contribution is 2.16. The van der Waals surface area contributed by atoms with E-state index in [1.807, 2.05) is 43.5 Å². The van der Waals surface area contributed by atoms with Gasteiger partial charge in [-0.2, -0.15) is 0 Å². The molecule has 0 radical (unpaired) electrons. The summed E-state index contributed by atoms with van der Waals surface area (Å²) in [6.45, 7) is 1.97. The van der Waals surface area contributed by atoms with E-state index in [1.54, 1.807) is 4.68 Å². The van der Waals surface area contributed by atoms with Crippen LogP contribution in [0.4, 0.5) is 0 Å². The lowest BCUT2D eigenvalue weighted by Crippen LogP contribution is -2.10. The van der Waals surface area contributed by atoms with Crippen LogP contribution in [0.1, 0.15) is 19.4 Å². The summed E-state index contributed by atoms with van der Waals surface area (Å²) in [6.07, 6.45) is 3.77. The molecule has 0 saturated carbocycles. The molecule has 2 rings (SSSR count). The Bertz CT molecular complexity index is 563. The van der Waals surface area contributed by atoms with Crippen molar-refractivity contribution >= 4 is 31.0 Å². The first-order valence-corrected chi connectivity index (χ1v) is 5.58. The third-order valence-electron chi connectivity index (χ3n) is 2.76. The second-order valence-electron chi connectivity index (χ2n) is 4.05. The maximum atomic E-state index is 11.8. The predicted octanol–water partition coefficient (Wildman–Crippen LogP) is 3.29. The van der Waals surface area contributed by atoms with Crippen LogP contribution in [-0.2, 0) is 0 Å². The van der Waals surface area contributed by atoms with Crippen molar-refractivity contribution in [3.8, 4) is 11.1 Å². The van der Waals surface area contributed by atoms with Gasteiger partial charge in [0, 0.05) is 12.6 Å². The number of nitrogens with one attached hydrogen (secondary N) is 2. The van der Waals surface area contributed by atoms with E-state index in [0.717, 1.165) is 5.56 Å². The monoisotopic (exact) mass is 301 g/mol. The molecule has 0 aliphatic heterocycles. The molecule has 6 heteroatoms. The molecule has 0 fully saturated rings. The zero-order valence-corrected chi connectivity index (χ0v) is 12.1. The van der Waals surface area contributed by atoms with Crippen molar-refractivity contribution in [1.29, 1.82) is 5.41 Å². The van der Waals surface area contributed by atoms with Crippen LogP contribution >= 0.6 is 24.8 Å². The van der Waals surface area contributed by atoms with Crippen LogP contribution in [-0.4, -0.2) is 16.0 Å². The first-order chi connectivity index (χ1) is 8.22. The molecule has 2 aromatic rings. The minimum Gasteiger partial charge on any atom is -0.313 e. The van der Waals surface area contributed by atoms with Gasteiger partial charge in [-0.05, 0) is 18.7 Å². The molecule has 4 nitrogen and oxygen atoms in total. The summed E-state index contributed by atoms with van der Waals surface area (Å²) < 4.78 is 1.76. The van der Waals surface area contributed by atoms with Crippen LogP contribution in [0.3, 0.4) is 0 Å². The number of halogens is 2. The van der Waals surface area contributed by atoms with Crippen molar-refractivity contribution < 1.29 is 0 Å². The number of nitrogens with zero attached hydrogens (tertiary/aromatic N) is 1. The third kappa shape index (κ3) is 3.98. The summed E-state index contributed by atoms with van der Waals surface area (Å²) in [4.78, 5) is 11.8. The van der Waals surface area contributed by atoms with E-state index >= 15 is 0 Å². The Labute approximate surface area is 124 Å². The van der Waals surface area contributed by atoms with Crippen LogP contribution < -0.4 is 5.56 Å². The molecule has 1 aromatic carbocycles. The molecule has 0 aliphatic carbocycles.